The molecule has 138 valence electrons. The van der Waals surface area contributed by atoms with Gasteiger partial charge in [0.1, 0.15) is 17.9 Å². The van der Waals surface area contributed by atoms with E-state index in [2.05, 4.69) is 25.5 Å². The van der Waals surface area contributed by atoms with Gasteiger partial charge in [0.15, 0.2) is 17.3 Å². The number of para-hydroxylation sites is 1. The number of H-pyrrole nitrogens is 1. The van der Waals surface area contributed by atoms with Crippen molar-refractivity contribution in [3.8, 4) is 28.6 Å². The smallest absolute Gasteiger partial charge is 0.203 e. The number of aromatic nitrogens is 6. The Morgan fingerprint density at radius 1 is 1.00 bits per heavy atom. The molecule has 0 aliphatic heterocycles. The molecule has 0 fully saturated rings. The maximum Gasteiger partial charge on any atom is 0.203 e. The summed E-state index contributed by atoms with van der Waals surface area (Å²) in [5.74, 6) is 2.79. The first-order valence-electron chi connectivity index (χ1n) is 8.23. The van der Waals surface area contributed by atoms with Gasteiger partial charge in [0.2, 0.25) is 5.75 Å². The van der Waals surface area contributed by atoms with Gasteiger partial charge in [-0.1, -0.05) is 17.3 Å². The molecule has 1 N–H and O–H groups in total. The second-order valence-corrected chi connectivity index (χ2v) is 5.76. The molecule has 0 bridgehead atoms. The van der Waals surface area contributed by atoms with Crippen LogP contribution in [-0.2, 0) is 6.54 Å². The van der Waals surface area contributed by atoms with Crippen LogP contribution in [0.4, 0.5) is 0 Å². The van der Waals surface area contributed by atoms with Crippen LogP contribution in [0.3, 0.4) is 0 Å². The Balaban J connectivity index is 1.66. The minimum atomic E-state index is 0.429. The molecule has 0 unspecified atom stereocenters. The predicted molar refractivity (Wildman–Crippen MR) is 98.1 cm³/mol. The SMILES string of the molecule is COc1cc(-c2n[nH]c(Cn3nnc4ccccc43)n2)cc(OC)c1OC. The van der Waals surface area contributed by atoms with Gasteiger partial charge in [0.05, 0.1) is 26.8 Å². The third-order valence-corrected chi connectivity index (χ3v) is 4.17. The topological polar surface area (TPSA) is 100.0 Å². The number of aromatic amines is 1. The lowest BCUT2D eigenvalue weighted by Gasteiger charge is -2.12. The average Bonchev–Trinajstić information content (AvgIpc) is 3.34. The molecule has 2 aromatic heterocycles. The highest BCUT2D eigenvalue weighted by molar-refractivity contribution is 5.73. The van der Waals surface area contributed by atoms with Crippen molar-refractivity contribution in [2.24, 2.45) is 0 Å². The number of hydrogen-bond acceptors (Lipinski definition) is 7. The van der Waals surface area contributed by atoms with Crippen LogP contribution < -0.4 is 14.2 Å². The molecule has 4 aromatic rings. The normalized spacial score (nSPS) is 10.9. The maximum atomic E-state index is 5.39. The van der Waals surface area contributed by atoms with E-state index in [0.29, 0.717) is 35.4 Å². The lowest BCUT2D eigenvalue weighted by Crippen LogP contribution is -2.03. The highest BCUT2D eigenvalue weighted by Gasteiger charge is 2.17. The molecular weight excluding hydrogens is 348 g/mol. The van der Waals surface area contributed by atoms with Crippen molar-refractivity contribution in [2.75, 3.05) is 21.3 Å². The molecule has 0 saturated heterocycles. The van der Waals surface area contributed by atoms with Gasteiger partial charge in [-0.15, -0.1) is 5.10 Å². The Morgan fingerprint density at radius 2 is 1.74 bits per heavy atom. The van der Waals surface area contributed by atoms with Gasteiger partial charge >= 0.3 is 0 Å². The molecule has 0 aliphatic rings. The molecule has 27 heavy (non-hydrogen) atoms. The zero-order chi connectivity index (χ0) is 18.8. The molecule has 9 heteroatoms. The molecule has 4 rings (SSSR count). The quantitative estimate of drug-likeness (QED) is 0.559. The summed E-state index contributed by atoms with van der Waals surface area (Å²) in [6, 6.07) is 11.4. The van der Waals surface area contributed by atoms with E-state index in [-0.39, 0.29) is 0 Å². The first-order valence-corrected chi connectivity index (χ1v) is 8.23. The van der Waals surface area contributed by atoms with Crippen molar-refractivity contribution in [3.05, 3.63) is 42.2 Å². The van der Waals surface area contributed by atoms with Crippen molar-refractivity contribution >= 4 is 11.0 Å². The van der Waals surface area contributed by atoms with Crippen LogP contribution >= 0.6 is 0 Å². The van der Waals surface area contributed by atoms with Crippen molar-refractivity contribution in [2.45, 2.75) is 6.54 Å². The summed E-state index contributed by atoms with van der Waals surface area (Å²) < 4.78 is 17.9. The fourth-order valence-corrected chi connectivity index (χ4v) is 2.88. The third kappa shape index (κ3) is 3.03. The largest absolute Gasteiger partial charge is 0.493 e. The average molecular weight is 366 g/mol. The highest BCUT2D eigenvalue weighted by atomic mass is 16.5. The molecular formula is C18H18N6O3. The van der Waals surface area contributed by atoms with Crippen molar-refractivity contribution in [1.82, 2.24) is 30.2 Å². The number of methoxy groups -OCH3 is 3. The first kappa shape index (κ1) is 16.8. The van der Waals surface area contributed by atoms with Gasteiger partial charge < -0.3 is 14.2 Å². The van der Waals surface area contributed by atoms with E-state index in [9.17, 15) is 0 Å². The number of benzene rings is 2. The van der Waals surface area contributed by atoms with E-state index in [0.717, 1.165) is 16.6 Å². The molecule has 9 nitrogen and oxygen atoms in total. The number of nitrogens with one attached hydrogen (secondary N) is 1. The number of ether oxygens (including phenoxy) is 3. The lowest BCUT2D eigenvalue weighted by molar-refractivity contribution is 0.324. The molecule has 0 amide bonds. The minimum Gasteiger partial charge on any atom is -0.493 e. The standard InChI is InChI=1S/C18H18N6O3/c1-25-14-8-11(9-15(26-2)17(14)27-3)18-19-16(21-22-18)10-24-13-7-5-4-6-12(13)20-23-24/h4-9H,10H2,1-3H3,(H,19,21,22). The minimum absolute atomic E-state index is 0.429. The lowest BCUT2D eigenvalue weighted by atomic mass is 10.1. The zero-order valence-electron chi connectivity index (χ0n) is 15.1. The fraction of sp³-hybridized carbons (Fsp3) is 0.222. The molecule has 0 spiro atoms. The highest BCUT2D eigenvalue weighted by Crippen LogP contribution is 2.40. The van der Waals surface area contributed by atoms with E-state index >= 15 is 0 Å². The van der Waals surface area contributed by atoms with Crippen LogP contribution in [0.5, 0.6) is 17.2 Å². The van der Waals surface area contributed by atoms with Gasteiger partial charge in [-0.3, -0.25) is 5.10 Å². The van der Waals surface area contributed by atoms with Crippen LogP contribution in [0.25, 0.3) is 22.4 Å². The summed E-state index contributed by atoms with van der Waals surface area (Å²) in [5, 5.41) is 15.6. The van der Waals surface area contributed by atoms with E-state index in [1.165, 1.54) is 0 Å². The van der Waals surface area contributed by atoms with E-state index in [1.54, 1.807) is 38.1 Å². The Hall–Kier alpha value is -3.62. The first-order chi connectivity index (χ1) is 13.2. The summed E-state index contributed by atoms with van der Waals surface area (Å²) in [6.07, 6.45) is 0. The van der Waals surface area contributed by atoms with Crippen LogP contribution in [0.2, 0.25) is 0 Å². The van der Waals surface area contributed by atoms with Crippen molar-refractivity contribution in [3.63, 3.8) is 0 Å². The van der Waals surface area contributed by atoms with Crippen LogP contribution in [0.1, 0.15) is 5.82 Å². The second-order valence-electron chi connectivity index (χ2n) is 5.76. The summed E-state index contributed by atoms with van der Waals surface area (Å²) in [6.45, 7) is 0.429. The van der Waals surface area contributed by atoms with E-state index in [4.69, 9.17) is 14.2 Å². The van der Waals surface area contributed by atoms with E-state index in [1.807, 2.05) is 24.3 Å². The van der Waals surface area contributed by atoms with Gasteiger partial charge in [-0.25, -0.2) is 9.67 Å². The number of fused-ring (bicyclic) bond motifs is 1. The van der Waals surface area contributed by atoms with Crippen LogP contribution in [-0.4, -0.2) is 51.5 Å². The predicted octanol–water partition coefficient (Wildman–Crippen LogP) is 2.29. The summed E-state index contributed by atoms with van der Waals surface area (Å²) in [5.41, 5.74) is 2.51. The van der Waals surface area contributed by atoms with Crippen LogP contribution in [0.15, 0.2) is 36.4 Å². The Kier molecular flexibility index (Phi) is 4.33. The Labute approximate surface area is 154 Å². The number of hydrogen-bond donors (Lipinski definition) is 1. The van der Waals surface area contributed by atoms with Gasteiger partial charge in [0.25, 0.3) is 0 Å². The molecule has 0 atom stereocenters. The molecule has 2 heterocycles. The third-order valence-electron chi connectivity index (χ3n) is 4.17. The second kappa shape index (κ2) is 6.94. The summed E-state index contributed by atoms with van der Waals surface area (Å²) >= 11 is 0. The summed E-state index contributed by atoms with van der Waals surface area (Å²) in [4.78, 5) is 4.56. The molecule has 0 aliphatic carbocycles. The number of nitrogens with zero attached hydrogens (tertiary/aromatic N) is 5. The van der Waals surface area contributed by atoms with Crippen molar-refractivity contribution in [1.29, 1.82) is 0 Å². The van der Waals surface area contributed by atoms with Crippen LogP contribution in [0, 0.1) is 0 Å². The fourth-order valence-electron chi connectivity index (χ4n) is 2.88. The Bertz CT molecular complexity index is 1060. The molecule has 2 aromatic carbocycles. The van der Waals surface area contributed by atoms with Gasteiger partial charge in [-0.2, -0.15) is 5.10 Å². The van der Waals surface area contributed by atoms with Crippen molar-refractivity contribution < 1.29 is 14.2 Å². The van der Waals surface area contributed by atoms with Gasteiger partial charge in [-0.05, 0) is 24.3 Å². The number of rotatable bonds is 6. The Morgan fingerprint density at radius 3 is 2.44 bits per heavy atom. The maximum absolute atomic E-state index is 5.39. The molecule has 0 radical (unpaired) electrons. The summed E-state index contributed by atoms with van der Waals surface area (Å²) in [7, 11) is 4.70. The zero-order valence-corrected chi connectivity index (χ0v) is 15.1. The monoisotopic (exact) mass is 366 g/mol. The van der Waals surface area contributed by atoms with E-state index < -0.39 is 0 Å². The molecule has 0 saturated carbocycles. The van der Waals surface area contributed by atoms with Gasteiger partial charge in [0, 0.05) is 5.56 Å².